The van der Waals surface area contributed by atoms with Gasteiger partial charge in [0.05, 0.1) is 25.9 Å². The Labute approximate surface area is 174 Å². The van der Waals surface area contributed by atoms with Crippen LogP contribution in [0.1, 0.15) is 18.1 Å². The molecule has 8 heteroatoms. The predicted molar refractivity (Wildman–Crippen MR) is 111 cm³/mol. The molecule has 1 saturated heterocycles. The third-order valence-corrected chi connectivity index (χ3v) is 4.65. The maximum absolute atomic E-state index is 11.7. The van der Waals surface area contributed by atoms with Crippen molar-refractivity contribution in [2.45, 2.75) is 26.9 Å². The van der Waals surface area contributed by atoms with Gasteiger partial charge in [-0.3, -0.25) is 4.90 Å². The molecule has 2 rings (SSSR count). The highest BCUT2D eigenvalue weighted by atomic mass is 35.5. The van der Waals surface area contributed by atoms with Gasteiger partial charge in [0.1, 0.15) is 12.4 Å². The number of benzene rings is 1. The molecule has 1 heterocycles. The van der Waals surface area contributed by atoms with Crippen LogP contribution >= 0.6 is 12.4 Å². The second-order valence-electron chi connectivity index (χ2n) is 6.81. The Morgan fingerprint density at radius 1 is 1.14 bits per heavy atom. The minimum Gasteiger partial charge on any atom is -0.491 e. The standard InChI is InChI=1S/C20H32N2O5.ClH/c1-4-26-20(24)22-9-7-21(8-10-22)14-18(23)15-25-11-12-27-19-6-5-16(2)17(3)13-19;/h5-6,13,18,23H,4,7-12,14-15H2,1-3H3;1H. The van der Waals surface area contributed by atoms with Gasteiger partial charge >= 0.3 is 6.09 Å². The molecule has 0 saturated carbocycles. The van der Waals surface area contributed by atoms with E-state index in [0.717, 1.165) is 18.8 Å². The second kappa shape index (κ2) is 12.8. The molecule has 1 N–H and O–H groups in total. The van der Waals surface area contributed by atoms with Crippen LogP contribution in [-0.4, -0.2) is 86.3 Å². The van der Waals surface area contributed by atoms with Gasteiger partial charge in [-0.1, -0.05) is 6.07 Å². The number of aliphatic hydroxyl groups is 1. The molecule has 1 aromatic rings. The number of piperazine rings is 1. The summed E-state index contributed by atoms with van der Waals surface area (Å²) in [5.74, 6) is 0.835. The summed E-state index contributed by atoms with van der Waals surface area (Å²) in [5.41, 5.74) is 2.44. The summed E-state index contributed by atoms with van der Waals surface area (Å²) in [6, 6.07) is 6.00. The SMILES string of the molecule is CCOC(=O)N1CCN(CC(O)COCCOc2ccc(C)c(C)c2)CC1.Cl. The molecule has 0 radical (unpaired) electrons. The van der Waals surface area contributed by atoms with Gasteiger partial charge in [-0.15, -0.1) is 12.4 Å². The molecule has 1 unspecified atom stereocenters. The first-order valence-corrected chi connectivity index (χ1v) is 9.59. The monoisotopic (exact) mass is 416 g/mol. The van der Waals surface area contributed by atoms with Crippen molar-refractivity contribution in [2.24, 2.45) is 0 Å². The first kappa shape index (κ1) is 24.5. The summed E-state index contributed by atoms with van der Waals surface area (Å²) in [5, 5.41) is 10.1. The van der Waals surface area contributed by atoms with Crippen LogP contribution in [0.25, 0.3) is 0 Å². The van der Waals surface area contributed by atoms with Crippen LogP contribution in [0.3, 0.4) is 0 Å². The highest BCUT2D eigenvalue weighted by Gasteiger charge is 2.23. The van der Waals surface area contributed by atoms with Crippen LogP contribution in [0.5, 0.6) is 5.75 Å². The lowest BCUT2D eigenvalue weighted by Gasteiger charge is -2.34. The number of hydrogen-bond donors (Lipinski definition) is 1. The third-order valence-electron chi connectivity index (χ3n) is 4.65. The zero-order chi connectivity index (χ0) is 19.6. The quantitative estimate of drug-likeness (QED) is 0.622. The number of amides is 1. The largest absolute Gasteiger partial charge is 0.491 e. The highest BCUT2D eigenvalue weighted by molar-refractivity contribution is 5.85. The molecule has 1 aliphatic heterocycles. The van der Waals surface area contributed by atoms with Gasteiger partial charge in [0.15, 0.2) is 0 Å². The number of β-amino-alcohol motifs (C(OH)–C–C–N with tert-alkyl or cyclic N) is 1. The Kier molecular flexibility index (Phi) is 11.2. The summed E-state index contributed by atoms with van der Waals surface area (Å²) in [7, 11) is 0. The van der Waals surface area contributed by atoms with Crippen molar-refractivity contribution in [1.29, 1.82) is 0 Å². The third kappa shape index (κ3) is 8.22. The maximum atomic E-state index is 11.7. The van der Waals surface area contributed by atoms with Crippen molar-refractivity contribution in [3.8, 4) is 5.75 Å². The van der Waals surface area contributed by atoms with Gasteiger partial charge < -0.3 is 24.2 Å². The summed E-state index contributed by atoms with van der Waals surface area (Å²) < 4.78 is 16.2. The molecule has 1 atom stereocenters. The number of halogens is 1. The lowest BCUT2D eigenvalue weighted by molar-refractivity contribution is -0.0000960. The first-order chi connectivity index (χ1) is 13.0. The molecule has 160 valence electrons. The lowest BCUT2D eigenvalue weighted by Crippen LogP contribution is -2.51. The molecule has 0 bridgehead atoms. The van der Waals surface area contributed by atoms with Gasteiger partial charge in [0.2, 0.25) is 0 Å². The van der Waals surface area contributed by atoms with Crippen LogP contribution in [0.2, 0.25) is 0 Å². The molecule has 28 heavy (non-hydrogen) atoms. The lowest BCUT2D eigenvalue weighted by atomic mass is 10.1. The molecule has 1 aliphatic rings. The zero-order valence-electron chi connectivity index (χ0n) is 17.1. The molecule has 7 nitrogen and oxygen atoms in total. The fourth-order valence-corrected chi connectivity index (χ4v) is 2.92. The minimum atomic E-state index is -0.555. The fraction of sp³-hybridized carbons (Fsp3) is 0.650. The number of hydrogen-bond acceptors (Lipinski definition) is 6. The average Bonchev–Trinajstić information content (AvgIpc) is 2.65. The Balaban J connectivity index is 0.00000392. The molecular formula is C20H33ClN2O5. The van der Waals surface area contributed by atoms with Crippen LogP contribution in [0.4, 0.5) is 4.79 Å². The van der Waals surface area contributed by atoms with Gasteiger partial charge in [-0.2, -0.15) is 0 Å². The van der Waals surface area contributed by atoms with Crippen molar-refractivity contribution in [3.05, 3.63) is 29.3 Å². The summed E-state index contributed by atoms with van der Waals surface area (Å²) in [6.07, 6.45) is -0.814. The van der Waals surface area contributed by atoms with E-state index >= 15 is 0 Å². The highest BCUT2D eigenvalue weighted by Crippen LogP contribution is 2.16. The predicted octanol–water partition coefficient (Wildman–Crippen LogP) is 2.26. The molecule has 1 aromatic carbocycles. The number of rotatable bonds is 9. The Morgan fingerprint density at radius 2 is 1.86 bits per heavy atom. The van der Waals surface area contributed by atoms with Crippen molar-refractivity contribution in [1.82, 2.24) is 9.80 Å². The van der Waals surface area contributed by atoms with Crippen LogP contribution in [0.15, 0.2) is 18.2 Å². The Morgan fingerprint density at radius 3 is 2.50 bits per heavy atom. The molecule has 0 spiro atoms. The average molecular weight is 417 g/mol. The smallest absolute Gasteiger partial charge is 0.409 e. The van der Waals surface area contributed by atoms with Crippen molar-refractivity contribution >= 4 is 18.5 Å². The Hall–Kier alpha value is -1.54. The number of nitrogens with zero attached hydrogens (tertiary/aromatic N) is 2. The van der Waals surface area contributed by atoms with E-state index in [-0.39, 0.29) is 25.1 Å². The topological polar surface area (TPSA) is 71.5 Å². The van der Waals surface area contributed by atoms with Gasteiger partial charge in [0.25, 0.3) is 0 Å². The van der Waals surface area contributed by atoms with Crippen molar-refractivity contribution < 1.29 is 24.1 Å². The summed E-state index contributed by atoms with van der Waals surface area (Å²) in [4.78, 5) is 15.5. The van der Waals surface area contributed by atoms with Crippen molar-refractivity contribution in [2.75, 3.05) is 59.2 Å². The van der Waals surface area contributed by atoms with E-state index in [9.17, 15) is 9.90 Å². The minimum absolute atomic E-state index is 0. The number of ether oxygens (including phenoxy) is 3. The van der Waals surface area contributed by atoms with E-state index in [1.807, 2.05) is 18.2 Å². The normalized spacial score (nSPS) is 15.6. The van der Waals surface area contributed by atoms with Gasteiger partial charge in [0, 0.05) is 32.7 Å². The van der Waals surface area contributed by atoms with Crippen molar-refractivity contribution in [3.63, 3.8) is 0 Å². The number of carbonyl (C=O) groups excluding carboxylic acids is 1. The fourth-order valence-electron chi connectivity index (χ4n) is 2.92. The molecule has 0 aromatic heterocycles. The van der Waals surface area contributed by atoms with Crippen LogP contribution in [-0.2, 0) is 9.47 Å². The molecule has 1 fully saturated rings. The molecule has 0 aliphatic carbocycles. The molecule has 1 amide bonds. The Bertz CT molecular complexity index is 594. The summed E-state index contributed by atoms with van der Waals surface area (Å²) >= 11 is 0. The number of aliphatic hydroxyl groups excluding tert-OH is 1. The summed E-state index contributed by atoms with van der Waals surface area (Å²) in [6.45, 7) is 10.7. The number of aryl methyl sites for hydroxylation is 2. The van der Waals surface area contributed by atoms with E-state index in [2.05, 4.69) is 18.7 Å². The van der Waals surface area contributed by atoms with Crippen LogP contribution in [0, 0.1) is 13.8 Å². The first-order valence-electron chi connectivity index (χ1n) is 9.59. The van der Waals surface area contributed by atoms with E-state index in [4.69, 9.17) is 14.2 Å². The van der Waals surface area contributed by atoms with Gasteiger partial charge in [-0.05, 0) is 44.0 Å². The number of carbonyl (C=O) groups is 1. The van der Waals surface area contributed by atoms with E-state index in [1.165, 1.54) is 11.1 Å². The van der Waals surface area contributed by atoms with E-state index in [1.54, 1.807) is 11.8 Å². The van der Waals surface area contributed by atoms with E-state index < -0.39 is 6.10 Å². The molecular weight excluding hydrogens is 384 g/mol. The van der Waals surface area contributed by atoms with E-state index in [0.29, 0.717) is 39.5 Å². The van der Waals surface area contributed by atoms with Gasteiger partial charge in [-0.25, -0.2) is 4.79 Å². The second-order valence-corrected chi connectivity index (χ2v) is 6.81. The van der Waals surface area contributed by atoms with Crippen LogP contribution < -0.4 is 4.74 Å². The maximum Gasteiger partial charge on any atom is 0.409 e. The zero-order valence-corrected chi connectivity index (χ0v) is 17.9.